The van der Waals surface area contributed by atoms with E-state index in [1.165, 1.54) is 22.7 Å². The molecular formula is C24H14N2O2S2. The molecule has 0 aliphatic carbocycles. The second-order valence-electron chi connectivity index (χ2n) is 7.01. The van der Waals surface area contributed by atoms with Crippen LogP contribution in [0.4, 0.5) is 0 Å². The first-order valence-corrected chi connectivity index (χ1v) is 11.0. The van der Waals surface area contributed by atoms with Gasteiger partial charge in [0, 0.05) is 0 Å². The number of aromatic hydroxyl groups is 2. The Hall–Kier alpha value is -3.48. The van der Waals surface area contributed by atoms with E-state index >= 15 is 0 Å². The number of rotatable bonds is 2. The average molecular weight is 427 g/mol. The average Bonchev–Trinajstić information content (AvgIpc) is 3.32. The molecule has 0 radical (unpaired) electrons. The van der Waals surface area contributed by atoms with Gasteiger partial charge in [0.1, 0.15) is 21.5 Å². The van der Waals surface area contributed by atoms with Gasteiger partial charge in [-0.25, -0.2) is 9.97 Å². The van der Waals surface area contributed by atoms with E-state index in [0.29, 0.717) is 0 Å². The molecule has 144 valence electrons. The SMILES string of the molecule is Oc1ccc2ccccc2c1-c1nc2sc(-c3c(O)ccc4ccccc34)nc2s1. The van der Waals surface area contributed by atoms with Crippen LogP contribution in [0.25, 0.3) is 52.3 Å². The van der Waals surface area contributed by atoms with Gasteiger partial charge in [-0.1, -0.05) is 83.3 Å². The second-order valence-corrected chi connectivity index (χ2v) is 8.97. The number of aromatic nitrogens is 2. The van der Waals surface area contributed by atoms with Gasteiger partial charge in [-0.15, -0.1) is 0 Å². The third-order valence-electron chi connectivity index (χ3n) is 5.22. The first kappa shape index (κ1) is 17.4. The van der Waals surface area contributed by atoms with Crippen LogP contribution in [0.2, 0.25) is 0 Å². The second kappa shape index (κ2) is 6.52. The highest BCUT2D eigenvalue weighted by molar-refractivity contribution is 7.29. The van der Waals surface area contributed by atoms with Crippen molar-refractivity contribution in [1.82, 2.24) is 9.97 Å². The largest absolute Gasteiger partial charge is 0.507 e. The highest BCUT2D eigenvalue weighted by atomic mass is 32.1. The first-order valence-electron chi connectivity index (χ1n) is 9.38. The lowest BCUT2D eigenvalue weighted by Gasteiger charge is -2.07. The number of thiazole rings is 2. The van der Waals surface area contributed by atoms with Gasteiger partial charge < -0.3 is 10.2 Å². The van der Waals surface area contributed by atoms with Crippen molar-refractivity contribution in [2.24, 2.45) is 0 Å². The van der Waals surface area contributed by atoms with Gasteiger partial charge in [0.2, 0.25) is 0 Å². The summed E-state index contributed by atoms with van der Waals surface area (Å²) in [4.78, 5) is 11.2. The molecule has 0 fully saturated rings. The standard InChI is InChI=1S/C24H14N2O2S2/c27-17-11-9-13-5-1-3-7-15(13)19(17)21-25-23-24(29-21)26-22(30-23)20-16-8-4-2-6-14(16)10-12-18(20)28/h1-12,27-28H. The van der Waals surface area contributed by atoms with Crippen LogP contribution in [0.3, 0.4) is 0 Å². The van der Waals surface area contributed by atoms with E-state index < -0.39 is 0 Å². The Balaban J connectivity index is 1.54. The van der Waals surface area contributed by atoms with Crippen LogP contribution < -0.4 is 0 Å². The van der Waals surface area contributed by atoms with Gasteiger partial charge in [0.05, 0.1) is 11.1 Å². The van der Waals surface area contributed by atoms with E-state index in [4.69, 9.17) is 9.97 Å². The van der Waals surface area contributed by atoms with Crippen molar-refractivity contribution in [3.63, 3.8) is 0 Å². The lowest BCUT2D eigenvalue weighted by molar-refractivity contribution is 0.477. The fraction of sp³-hybridized carbons (Fsp3) is 0. The summed E-state index contributed by atoms with van der Waals surface area (Å²) < 4.78 is 0. The van der Waals surface area contributed by atoms with Crippen LogP contribution in [0.15, 0.2) is 72.8 Å². The zero-order chi connectivity index (χ0) is 20.2. The van der Waals surface area contributed by atoms with E-state index in [-0.39, 0.29) is 11.5 Å². The number of fused-ring (bicyclic) bond motifs is 3. The Bertz CT molecular complexity index is 1440. The summed E-state index contributed by atoms with van der Waals surface area (Å²) >= 11 is 2.91. The summed E-state index contributed by atoms with van der Waals surface area (Å²) in [5.41, 5.74) is 1.47. The molecule has 4 nitrogen and oxygen atoms in total. The Morgan fingerprint density at radius 2 is 0.967 bits per heavy atom. The molecule has 30 heavy (non-hydrogen) atoms. The minimum absolute atomic E-state index is 0.210. The van der Waals surface area contributed by atoms with Gasteiger partial charge in [-0.2, -0.15) is 0 Å². The van der Waals surface area contributed by atoms with E-state index in [0.717, 1.165) is 52.3 Å². The maximum Gasteiger partial charge on any atom is 0.155 e. The molecule has 0 unspecified atom stereocenters. The maximum absolute atomic E-state index is 10.5. The summed E-state index contributed by atoms with van der Waals surface area (Å²) in [5, 5.41) is 26.6. The minimum atomic E-state index is 0.210. The normalized spacial score (nSPS) is 11.6. The molecule has 0 amide bonds. The quantitative estimate of drug-likeness (QED) is 0.319. The molecule has 0 spiro atoms. The summed E-state index contributed by atoms with van der Waals surface area (Å²) in [5.74, 6) is 0.420. The van der Waals surface area contributed by atoms with Crippen LogP contribution in [-0.4, -0.2) is 20.2 Å². The van der Waals surface area contributed by atoms with Crippen LogP contribution >= 0.6 is 22.7 Å². The fourth-order valence-corrected chi connectivity index (χ4v) is 6.00. The molecule has 0 saturated carbocycles. The topological polar surface area (TPSA) is 66.2 Å². The Morgan fingerprint density at radius 3 is 1.43 bits per heavy atom. The van der Waals surface area contributed by atoms with Crippen LogP contribution in [-0.2, 0) is 0 Å². The molecule has 0 aliphatic rings. The molecule has 0 saturated heterocycles. The summed E-state index contributed by atoms with van der Waals surface area (Å²) in [7, 11) is 0. The summed E-state index contributed by atoms with van der Waals surface area (Å²) in [6, 6.07) is 23.1. The fourth-order valence-electron chi connectivity index (χ4n) is 3.83. The van der Waals surface area contributed by atoms with Crippen LogP contribution in [0.1, 0.15) is 0 Å². The van der Waals surface area contributed by atoms with Crippen LogP contribution in [0.5, 0.6) is 11.5 Å². The maximum atomic E-state index is 10.5. The zero-order valence-corrected chi connectivity index (χ0v) is 17.2. The van der Waals surface area contributed by atoms with E-state index in [9.17, 15) is 10.2 Å². The van der Waals surface area contributed by atoms with Gasteiger partial charge in [0.25, 0.3) is 0 Å². The van der Waals surface area contributed by atoms with Crippen LogP contribution in [0, 0.1) is 0 Å². The van der Waals surface area contributed by atoms with Gasteiger partial charge in [0.15, 0.2) is 9.66 Å². The van der Waals surface area contributed by atoms with Crippen molar-refractivity contribution >= 4 is 53.9 Å². The Morgan fingerprint density at radius 1 is 0.533 bits per heavy atom. The molecule has 2 aromatic heterocycles. The smallest absolute Gasteiger partial charge is 0.155 e. The molecule has 6 rings (SSSR count). The molecule has 6 aromatic rings. The number of hydrogen-bond donors (Lipinski definition) is 2. The summed E-state index contributed by atoms with van der Waals surface area (Å²) in [6.07, 6.45) is 0. The zero-order valence-electron chi connectivity index (χ0n) is 15.5. The summed E-state index contributed by atoms with van der Waals surface area (Å²) in [6.45, 7) is 0. The molecule has 0 atom stereocenters. The van der Waals surface area contributed by atoms with Crippen molar-refractivity contribution in [1.29, 1.82) is 0 Å². The highest BCUT2D eigenvalue weighted by Crippen LogP contribution is 2.44. The number of nitrogens with zero attached hydrogens (tertiary/aromatic N) is 2. The lowest BCUT2D eigenvalue weighted by Crippen LogP contribution is -1.82. The Labute approximate surface area is 179 Å². The van der Waals surface area contributed by atoms with E-state index in [1.54, 1.807) is 12.1 Å². The lowest BCUT2D eigenvalue weighted by atomic mass is 10.0. The molecule has 0 bridgehead atoms. The molecule has 4 aromatic carbocycles. The third kappa shape index (κ3) is 2.58. The van der Waals surface area contributed by atoms with E-state index in [2.05, 4.69) is 0 Å². The number of phenols is 2. The predicted octanol–water partition coefficient (Wildman–Crippen LogP) is 6.80. The number of phenolic OH excluding ortho intramolecular Hbond substituents is 2. The van der Waals surface area contributed by atoms with Crippen molar-refractivity contribution in [2.75, 3.05) is 0 Å². The number of benzene rings is 4. The molecule has 2 heterocycles. The van der Waals surface area contributed by atoms with Crippen molar-refractivity contribution in [3.8, 4) is 32.6 Å². The van der Waals surface area contributed by atoms with Crippen molar-refractivity contribution in [2.45, 2.75) is 0 Å². The van der Waals surface area contributed by atoms with Crippen molar-refractivity contribution in [3.05, 3.63) is 72.8 Å². The third-order valence-corrected chi connectivity index (χ3v) is 7.28. The predicted molar refractivity (Wildman–Crippen MR) is 125 cm³/mol. The monoisotopic (exact) mass is 426 g/mol. The van der Waals surface area contributed by atoms with Gasteiger partial charge in [-0.3, -0.25) is 0 Å². The molecule has 2 N–H and O–H groups in total. The molecule has 6 heteroatoms. The molecular weight excluding hydrogens is 412 g/mol. The Kier molecular flexibility index (Phi) is 3.78. The van der Waals surface area contributed by atoms with Crippen molar-refractivity contribution < 1.29 is 10.2 Å². The number of hydrogen-bond acceptors (Lipinski definition) is 6. The van der Waals surface area contributed by atoms with E-state index in [1.807, 2.05) is 60.7 Å². The van der Waals surface area contributed by atoms with Gasteiger partial charge in [-0.05, 0) is 33.7 Å². The van der Waals surface area contributed by atoms with Gasteiger partial charge >= 0.3 is 0 Å². The molecule has 0 aliphatic heterocycles. The first-order chi connectivity index (χ1) is 14.7. The highest BCUT2D eigenvalue weighted by Gasteiger charge is 2.19. The minimum Gasteiger partial charge on any atom is -0.507 e.